The Bertz CT molecular complexity index is 554. The molecule has 1 aromatic carbocycles. The predicted molar refractivity (Wildman–Crippen MR) is 79.2 cm³/mol. The maximum atomic E-state index is 12.0. The van der Waals surface area contributed by atoms with Crippen molar-refractivity contribution in [2.75, 3.05) is 13.7 Å². The van der Waals surface area contributed by atoms with E-state index in [-0.39, 0.29) is 5.91 Å². The lowest BCUT2D eigenvalue weighted by Crippen LogP contribution is -2.26. The van der Waals surface area contributed by atoms with Crippen molar-refractivity contribution in [3.05, 3.63) is 52.2 Å². The number of ether oxygens (including phenoxy) is 1. The zero-order valence-corrected chi connectivity index (χ0v) is 12.0. The molecule has 0 aliphatic heterocycles. The topological polar surface area (TPSA) is 58.6 Å². The fourth-order valence-corrected chi connectivity index (χ4v) is 2.59. The minimum atomic E-state index is -0.542. The first-order valence-electron chi connectivity index (χ1n) is 6.33. The van der Waals surface area contributed by atoms with Crippen molar-refractivity contribution in [2.45, 2.75) is 12.5 Å². The quantitative estimate of drug-likeness (QED) is 0.860. The van der Waals surface area contributed by atoms with Crippen LogP contribution < -0.4 is 10.1 Å². The van der Waals surface area contributed by atoms with Gasteiger partial charge in [0.2, 0.25) is 0 Å². The molecule has 4 nitrogen and oxygen atoms in total. The van der Waals surface area contributed by atoms with Crippen LogP contribution in [0.3, 0.4) is 0 Å². The molecule has 1 atom stereocenters. The van der Waals surface area contributed by atoms with E-state index in [0.29, 0.717) is 24.3 Å². The Morgan fingerprint density at radius 1 is 1.40 bits per heavy atom. The van der Waals surface area contributed by atoms with E-state index >= 15 is 0 Å². The van der Waals surface area contributed by atoms with Crippen LogP contribution in [0.1, 0.15) is 28.4 Å². The maximum Gasteiger partial charge on any atom is 0.255 e. The highest BCUT2D eigenvalue weighted by Gasteiger charge is 2.12. The second-order valence-electron chi connectivity index (χ2n) is 4.32. The summed E-state index contributed by atoms with van der Waals surface area (Å²) in [5, 5.41) is 16.5. The number of carbonyl (C=O) groups is 1. The van der Waals surface area contributed by atoms with E-state index in [0.717, 1.165) is 5.56 Å². The summed E-state index contributed by atoms with van der Waals surface area (Å²) in [5.74, 6) is 0.350. The number of aliphatic hydroxyl groups is 1. The molecule has 5 heteroatoms. The van der Waals surface area contributed by atoms with Crippen LogP contribution in [0.4, 0.5) is 0 Å². The molecule has 20 heavy (non-hydrogen) atoms. The number of nitrogens with one attached hydrogen (secondary N) is 1. The van der Waals surface area contributed by atoms with E-state index in [1.54, 1.807) is 29.5 Å². The minimum absolute atomic E-state index is 0.194. The van der Waals surface area contributed by atoms with E-state index in [1.807, 2.05) is 22.9 Å². The average molecular weight is 291 g/mol. The number of aliphatic hydroxyl groups excluding tert-OH is 1. The summed E-state index contributed by atoms with van der Waals surface area (Å²) >= 11 is 1.55. The van der Waals surface area contributed by atoms with Gasteiger partial charge in [0.25, 0.3) is 5.91 Å². The largest absolute Gasteiger partial charge is 0.496 e. The second-order valence-corrected chi connectivity index (χ2v) is 5.10. The molecule has 0 spiro atoms. The van der Waals surface area contributed by atoms with Gasteiger partial charge in [-0.25, -0.2) is 0 Å². The van der Waals surface area contributed by atoms with Crippen molar-refractivity contribution in [1.82, 2.24) is 5.32 Å². The van der Waals surface area contributed by atoms with Gasteiger partial charge in [-0.1, -0.05) is 12.1 Å². The number of para-hydroxylation sites is 1. The molecule has 0 unspecified atom stereocenters. The summed E-state index contributed by atoms with van der Waals surface area (Å²) in [6, 6.07) is 8.95. The number of rotatable bonds is 6. The Balaban J connectivity index is 1.86. The van der Waals surface area contributed by atoms with Gasteiger partial charge in [0, 0.05) is 6.54 Å². The normalized spacial score (nSPS) is 11.9. The van der Waals surface area contributed by atoms with E-state index in [2.05, 4.69) is 5.32 Å². The fraction of sp³-hybridized carbons (Fsp3) is 0.267. The van der Waals surface area contributed by atoms with E-state index in [4.69, 9.17) is 4.74 Å². The molecule has 0 aliphatic rings. The van der Waals surface area contributed by atoms with E-state index < -0.39 is 6.10 Å². The lowest BCUT2D eigenvalue weighted by Gasteiger charge is -2.11. The summed E-state index contributed by atoms with van der Waals surface area (Å²) in [5.41, 5.74) is 1.39. The number of hydrogen-bond donors (Lipinski definition) is 2. The number of carbonyl (C=O) groups excluding carboxylic acids is 1. The first kappa shape index (κ1) is 14.6. The van der Waals surface area contributed by atoms with Crippen LogP contribution in [0.25, 0.3) is 0 Å². The van der Waals surface area contributed by atoms with Crippen LogP contribution in [0, 0.1) is 0 Å². The Labute approximate surface area is 122 Å². The van der Waals surface area contributed by atoms with Crippen LogP contribution in [0.2, 0.25) is 0 Å². The van der Waals surface area contributed by atoms with Crippen LogP contribution in [0.5, 0.6) is 5.75 Å². The van der Waals surface area contributed by atoms with Crippen LogP contribution in [0.15, 0.2) is 41.1 Å². The third kappa shape index (κ3) is 3.59. The van der Waals surface area contributed by atoms with Crippen molar-refractivity contribution in [1.29, 1.82) is 0 Å². The zero-order chi connectivity index (χ0) is 14.4. The molecular weight excluding hydrogens is 274 g/mol. The van der Waals surface area contributed by atoms with Gasteiger partial charge in [0.1, 0.15) is 5.75 Å². The third-order valence-corrected chi connectivity index (χ3v) is 3.68. The molecule has 0 radical (unpaired) electrons. The van der Waals surface area contributed by atoms with Gasteiger partial charge < -0.3 is 15.2 Å². The van der Waals surface area contributed by atoms with Gasteiger partial charge in [0.15, 0.2) is 0 Å². The zero-order valence-electron chi connectivity index (χ0n) is 11.2. The second kappa shape index (κ2) is 7.07. The molecule has 1 heterocycles. The molecule has 0 saturated heterocycles. The van der Waals surface area contributed by atoms with Gasteiger partial charge in [-0.05, 0) is 40.9 Å². The first-order chi connectivity index (χ1) is 9.72. The van der Waals surface area contributed by atoms with Crippen LogP contribution in [-0.4, -0.2) is 24.7 Å². The summed E-state index contributed by atoms with van der Waals surface area (Å²) in [6.45, 7) is 0.411. The standard InChI is InChI=1S/C15H17NO3S/c1-19-14-5-3-2-4-12(14)15(18)16-8-6-13(17)11-7-9-20-10-11/h2-5,7,9-10,13,17H,6,8H2,1H3,(H,16,18)/t13-/m0/s1. The summed E-state index contributed by atoms with van der Waals surface area (Å²) in [6.07, 6.45) is -0.0586. The minimum Gasteiger partial charge on any atom is -0.496 e. The van der Waals surface area contributed by atoms with Crippen molar-refractivity contribution in [3.63, 3.8) is 0 Å². The SMILES string of the molecule is COc1ccccc1C(=O)NCC[C@H](O)c1ccsc1. The van der Waals surface area contributed by atoms with Gasteiger partial charge in [0.05, 0.1) is 18.8 Å². The van der Waals surface area contributed by atoms with Gasteiger partial charge in [-0.15, -0.1) is 0 Å². The lowest BCUT2D eigenvalue weighted by atomic mass is 10.1. The highest BCUT2D eigenvalue weighted by molar-refractivity contribution is 7.07. The molecule has 106 valence electrons. The van der Waals surface area contributed by atoms with Gasteiger partial charge in [-0.2, -0.15) is 11.3 Å². The molecule has 2 rings (SSSR count). The lowest BCUT2D eigenvalue weighted by molar-refractivity contribution is 0.0939. The third-order valence-electron chi connectivity index (χ3n) is 2.98. The summed E-state index contributed by atoms with van der Waals surface area (Å²) in [4.78, 5) is 12.0. The Morgan fingerprint density at radius 3 is 2.90 bits per heavy atom. The molecule has 2 N–H and O–H groups in total. The highest BCUT2D eigenvalue weighted by atomic mass is 32.1. The molecule has 0 aliphatic carbocycles. The Morgan fingerprint density at radius 2 is 2.20 bits per heavy atom. The summed E-state index contributed by atoms with van der Waals surface area (Å²) < 4.78 is 5.14. The molecule has 0 fully saturated rings. The number of amides is 1. The summed E-state index contributed by atoms with van der Waals surface area (Å²) in [7, 11) is 1.53. The highest BCUT2D eigenvalue weighted by Crippen LogP contribution is 2.19. The molecule has 0 bridgehead atoms. The molecule has 1 aromatic heterocycles. The Kier molecular flexibility index (Phi) is 5.15. The van der Waals surface area contributed by atoms with Crippen molar-refractivity contribution in [3.8, 4) is 5.75 Å². The Hall–Kier alpha value is -1.85. The smallest absolute Gasteiger partial charge is 0.255 e. The maximum absolute atomic E-state index is 12.0. The molecular formula is C15H17NO3S. The van der Waals surface area contributed by atoms with Gasteiger partial charge >= 0.3 is 0 Å². The van der Waals surface area contributed by atoms with Crippen LogP contribution >= 0.6 is 11.3 Å². The number of hydrogen-bond acceptors (Lipinski definition) is 4. The number of methoxy groups -OCH3 is 1. The monoisotopic (exact) mass is 291 g/mol. The fourth-order valence-electron chi connectivity index (χ4n) is 1.88. The molecule has 0 saturated carbocycles. The van der Waals surface area contributed by atoms with Gasteiger partial charge in [-0.3, -0.25) is 4.79 Å². The molecule has 2 aromatic rings. The van der Waals surface area contributed by atoms with Crippen LogP contribution in [-0.2, 0) is 0 Å². The van der Waals surface area contributed by atoms with Crippen molar-refractivity contribution >= 4 is 17.2 Å². The van der Waals surface area contributed by atoms with E-state index in [9.17, 15) is 9.90 Å². The average Bonchev–Trinajstić information content (AvgIpc) is 3.01. The number of thiophene rings is 1. The first-order valence-corrected chi connectivity index (χ1v) is 7.28. The van der Waals surface area contributed by atoms with E-state index in [1.165, 1.54) is 7.11 Å². The van der Waals surface area contributed by atoms with Crippen molar-refractivity contribution in [2.24, 2.45) is 0 Å². The van der Waals surface area contributed by atoms with Crippen molar-refractivity contribution < 1.29 is 14.6 Å². The predicted octanol–water partition coefficient (Wildman–Crippen LogP) is 2.61. The molecule has 1 amide bonds. The number of benzene rings is 1.